The minimum atomic E-state index is -0.837. The smallest absolute Gasteiger partial charge is 0.307 e. The van der Waals surface area contributed by atoms with E-state index in [1.54, 1.807) is 32.9 Å². The summed E-state index contributed by atoms with van der Waals surface area (Å²) in [7, 11) is 1.53. The number of benzene rings is 2. The maximum Gasteiger partial charge on any atom is 0.307 e. The van der Waals surface area contributed by atoms with Gasteiger partial charge in [0.1, 0.15) is 11.6 Å². The number of ether oxygens (including phenoxy) is 1. The van der Waals surface area contributed by atoms with Gasteiger partial charge < -0.3 is 15.4 Å². The van der Waals surface area contributed by atoms with Crippen LogP contribution >= 0.6 is 0 Å². The Morgan fingerprint density at radius 2 is 1.48 bits per heavy atom. The summed E-state index contributed by atoms with van der Waals surface area (Å²) in [6.07, 6.45) is 1.05. The lowest BCUT2D eigenvalue weighted by Crippen LogP contribution is -2.42. The van der Waals surface area contributed by atoms with E-state index in [1.165, 1.54) is 7.05 Å². The number of rotatable bonds is 9. The molecule has 0 aliphatic carbocycles. The van der Waals surface area contributed by atoms with Gasteiger partial charge in [-0.15, -0.1) is 0 Å². The number of likely N-dealkylation sites (N-methyl/N-ethyl adjacent to an activating group) is 1. The van der Waals surface area contributed by atoms with Gasteiger partial charge in [0.25, 0.3) is 0 Å². The van der Waals surface area contributed by atoms with Crippen molar-refractivity contribution in [2.24, 2.45) is 5.92 Å². The molecule has 2 atom stereocenters. The molecule has 2 aromatic rings. The van der Waals surface area contributed by atoms with Crippen molar-refractivity contribution < 1.29 is 19.1 Å². The summed E-state index contributed by atoms with van der Waals surface area (Å²) in [4.78, 5) is 38.1. The van der Waals surface area contributed by atoms with Crippen molar-refractivity contribution in [1.82, 2.24) is 10.6 Å². The van der Waals surface area contributed by atoms with E-state index in [9.17, 15) is 14.4 Å². The SMILES string of the molecule is CNC(=O)[C@@H](NC(=O)[C@H](CCc1ccccc1)CC(=O)OC(C)(C)C)c1ccccc1. The highest BCUT2D eigenvalue weighted by Gasteiger charge is 2.29. The summed E-state index contributed by atoms with van der Waals surface area (Å²) in [5.41, 5.74) is 1.12. The summed E-state index contributed by atoms with van der Waals surface area (Å²) < 4.78 is 5.43. The summed E-state index contributed by atoms with van der Waals surface area (Å²) in [6.45, 7) is 5.38. The molecule has 0 saturated carbocycles. The summed E-state index contributed by atoms with van der Waals surface area (Å²) in [5.74, 6) is -1.72. The number of carbonyl (C=O) groups excluding carboxylic acids is 3. The van der Waals surface area contributed by atoms with Crippen molar-refractivity contribution in [3.8, 4) is 0 Å². The Labute approximate surface area is 184 Å². The van der Waals surface area contributed by atoms with Gasteiger partial charge in [0, 0.05) is 13.0 Å². The van der Waals surface area contributed by atoms with Crippen molar-refractivity contribution >= 4 is 17.8 Å². The van der Waals surface area contributed by atoms with Crippen molar-refractivity contribution in [3.05, 3.63) is 71.8 Å². The first-order valence-electron chi connectivity index (χ1n) is 10.5. The zero-order valence-electron chi connectivity index (χ0n) is 18.7. The number of hydrogen-bond donors (Lipinski definition) is 2. The van der Waals surface area contributed by atoms with E-state index in [0.29, 0.717) is 18.4 Å². The average molecular weight is 425 g/mol. The van der Waals surface area contributed by atoms with Crippen LogP contribution in [0.1, 0.15) is 50.8 Å². The highest BCUT2D eigenvalue weighted by Crippen LogP contribution is 2.20. The fraction of sp³-hybridized carbons (Fsp3) is 0.400. The van der Waals surface area contributed by atoms with Crippen LogP contribution in [0.3, 0.4) is 0 Å². The van der Waals surface area contributed by atoms with Gasteiger partial charge in [0.2, 0.25) is 11.8 Å². The Balaban J connectivity index is 2.17. The van der Waals surface area contributed by atoms with E-state index in [2.05, 4.69) is 10.6 Å². The highest BCUT2D eigenvalue weighted by atomic mass is 16.6. The van der Waals surface area contributed by atoms with Crippen LogP contribution in [-0.4, -0.2) is 30.4 Å². The average Bonchev–Trinajstić information content (AvgIpc) is 2.74. The van der Waals surface area contributed by atoms with Crippen LogP contribution in [0.4, 0.5) is 0 Å². The minimum Gasteiger partial charge on any atom is -0.460 e. The second-order valence-electron chi connectivity index (χ2n) is 8.48. The molecule has 0 fully saturated rings. The molecule has 2 N–H and O–H groups in total. The quantitative estimate of drug-likeness (QED) is 0.603. The monoisotopic (exact) mass is 424 g/mol. The molecule has 0 aliphatic rings. The Morgan fingerprint density at radius 1 is 0.903 bits per heavy atom. The van der Waals surface area contributed by atoms with Crippen LogP contribution in [0, 0.1) is 5.92 Å². The zero-order chi connectivity index (χ0) is 22.9. The predicted molar refractivity (Wildman–Crippen MR) is 120 cm³/mol. The number of esters is 1. The third kappa shape index (κ3) is 8.24. The molecule has 6 heteroatoms. The third-order valence-corrected chi connectivity index (χ3v) is 4.76. The third-order valence-electron chi connectivity index (χ3n) is 4.76. The van der Waals surface area contributed by atoms with Gasteiger partial charge in [-0.25, -0.2) is 0 Å². The fourth-order valence-electron chi connectivity index (χ4n) is 3.25. The summed E-state index contributed by atoms with van der Waals surface area (Å²) >= 11 is 0. The highest BCUT2D eigenvalue weighted by molar-refractivity contribution is 5.90. The molecule has 0 aliphatic heterocycles. The van der Waals surface area contributed by atoms with E-state index in [-0.39, 0.29) is 18.2 Å². The van der Waals surface area contributed by atoms with Crippen LogP contribution in [0.25, 0.3) is 0 Å². The van der Waals surface area contributed by atoms with Gasteiger partial charge in [-0.05, 0) is 44.7 Å². The first-order valence-corrected chi connectivity index (χ1v) is 10.5. The Hall–Kier alpha value is -3.15. The number of amides is 2. The summed E-state index contributed by atoms with van der Waals surface area (Å²) in [6, 6.07) is 18.0. The Morgan fingerprint density at radius 3 is 2.03 bits per heavy atom. The van der Waals surface area contributed by atoms with Crippen LogP contribution in [0.5, 0.6) is 0 Å². The molecule has 0 saturated heterocycles. The van der Waals surface area contributed by atoms with E-state index in [1.807, 2.05) is 48.5 Å². The molecule has 31 heavy (non-hydrogen) atoms. The first kappa shape index (κ1) is 24.1. The van der Waals surface area contributed by atoms with Crippen LogP contribution in [0.2, 0.25) is 0 Å². The first-order chi connectivity index (χ1) is 14.7. The topological polar surface area (TPSA) is 84.5 Å². The molecular weight excluding hydrogens is 392 g/mol. The van der Waals surface area contributed by atoms with Crippen LogP contribution < -0.4 is 10.6 Å². The van der Waals surface area contributed by atoms with Crippen molar-refractivity contribution in [2.75, 3.05) is 7.05 Å². The van der Waals surface area contributed by atoms with E-state index in [4.69, 9.17) is 4.74 Å². The molecule has 0 radical (unpaired) electrons. The molecule has 0 unspecified atom stereocenters. The standard InChI is InChI=1S/C25H32N2O4/c1-25(2,3)31-21(28)17-20(16-15-18-11-7-5-8-12-18)23(29)27-22(24(30)26-4)19-13-9-6-10-14-19/h5-14,20,22H,15-17H2,1-4H3,(H,26,30)(H,27,29)/t20-,22+/m1/s1. The van der Waals surface area contributed by atoms with Gasteiger partial charge in [-0.2, -0.15) is 0 Å². The molecule has 2 rings (SSSR count). The summed E-state index contributed by atoms with van der Waals surface area (Å²) in [5, 5.41) is 5.42. The largest absolute Gasteiger partial charge is 0.460 e. The lowest BCUT2D eigenvalue weighted by atomic mass is 9.94. The Bertz CT molecular complexity index is 860. The lowest BCUT2D eigenvalue weighted by molar-refractivity contribution is -0.157. The van der Waals surface area contributed by atoms with Crippen molar-refractivity contribution in [2.45, 2.75) is 51.7 Å². The van der Waals surface area contributed by atoms with E-state index >= 15 is 0 Å². The maximum absolute atomic E-state index is 13.2. The van der Waals surface area contributed by atoms with Gasteiger partial charge in [-0.3, -0.25) is 14.4 Å². The molecule has 166 valence electrons. The fourth-order valence-corrected chi connectivity index (χ4v) is 3.25. The van der Waals surface area contributed by atoms with Gasteiger partial charge in [-0.1, -0.05) is 60.7 Å². The predicted octanol–water partition coefficient (Wildman–Crippen LogP) is 3.57. The molecular formula is C25H32N2O4. The molecule has 0 heterocycles. The molecule has 6 nitrogen and oxygen atoms in total. The molecule has 0 spiro atoms. The van der Waals surface area contributed by atoms with E-state index in [0.717, 1.165) is 5.56 Å². The number of carbonyl (C=O) groups is 3. The number of aryl methyl sites for hydroxylation is 1. The van der Waals surface area contributed by atoms with Crippen molar-refractivity contribution in [1.29, 1.82) is 0 Å². The number of nitrogens with one attached hydrogen (secondary N) is 2. The van der Waals surface area contributed by atoms with Crippen LogP contribution in [0.15, 0.2) is 60.7 Å². The lowest BCUT2D eigenvalue weighted by Gasteiger charge is -2.24. The minimum absolute atomic E-state index is 0.0504. The second kappa shape index (κ2) is 11.3. The normalized spacial score (nSPS) is 13.0. The maximum atomic E-state index is 13.2. The molecule has 2 amide bonds. The van der Waals surface area contributed by atoms with Crippen LogP contribution in [-0.2, 0) is 25.5 Å². The van der Waals surface area contributed by atoms with Crippen molar-refractivity contribution in [3.63, 3.8) is 0 Å². The van der Waals surface area contributed by atoms with Gasteiger partial charge in [0.05, 0.1) is 6.42 Å². The van der Waals surface area contributed by atoms with E-state index < -0.39 is 23.5 Å². The molecule has 0 aromatic heterocycles. The zero-order valence-corrected chi connectivity index (χ0v) is 18.7. The van der Waals surface area contributed by atoms with Gasteiger partial charge >= 0.3 is 5.97 Å². The number of hydrogen-bond acceptors (Lipinski definition) is 4. The van der Waals surface area contributed by atoms with Gasteiger partial charge in [0.15, 0.2) is 0 Å². The molecule has 0 bridgehead atoms. The second-order valence-corrected chi connectivity index (χ2v) is 8.48. The Kier molecular flexibility index (Phi) is 8.79. The molecule has 2 aromatic carbocycles.